The van der Waals surface area contributed by atoms with E-state index in [2.05, 4.69) is 29.5 Å². The average Bonchev–Trinajstić information content (AvgIpc) is 3.32. The molecule has 0 spiro atoms. The lowest BCUT2D eigenvalue weighted by molar-refractivity contribution is 0.102. The highest BCUT2D eigenvalue weighted by molar-refractivity contribution is 8.02. The number of rotatable bonds is 18. The molecule has 4 nitrogen and oxygen atoms in total. The Kier molecular flexibility index (Phi) is 13.6. The molecule has 1 aliphatic rings. The van der Waals surface area contributed by atoms with Crippen LogP contribution in [0.15, 0.2) is 53.6 Å². The van der Waals surface area contributed by atoms with Crippen LogP contribution in [0.2, 0.25) is 0 Å². The minimum absolute atomic E-state index is 0.236. The van der Waals surface area contributed by atoms with Gasteiger partial charge in [-0.05, 0) is 48.6 Å². The summed E-state index contributed by atoms with van der Waals surface area (Å²) >= 11 is 1.78. The number of nitrogens with one attached hydrogen (secondary N) is 1. The standard InChI is InChI=1S/C32H45FN2O2S/c1-3-4-5-6-7-8-9-10-11-12-13-14-20-37-31-19-18-29(22-30(31)33)34-32(36)28-17-15-16-27(21-28)23-35-25-38-24-26(35)2/h15-19,21-22,24H,3-14,20,23,25H2,1-2H3,(H,34,36). The van der Waals surface area contributed by atoms with Crippen LogP contribution in [0.4, 0.5) is 10.1 Å². The summed E-state index contributed by atoms with van der Waals surface area (Å²) in [7, 11) is 0. The van der Waals surface area contributed by atoms with E-state index in [9.17, 15) is 9.18 Å². The number of amides is 1. The van der Waals surface area contributed by atoms with Gasteiger partial charge >= 0.3 is 0 Å². The molecule has 0 fully saturated rings. The van der Waals surface area contributed by atoms with Gasteiger partial charge in [0, 0.05) is 29.6 Å². The summed E-state index contributed by atoms with van der Waals surface area (Å²) in [5.74, 6) is 0.457. The Bertz CT molecular complexity index is 1030. The van der Waals surface area contributed by atoms with Crippen molar-refractivity contribution in [3.05, 3.63) is 70.5 Å². The fourth-order valence-electron chi connectivity index (χ4n) is 4.65. The highest BCUT2D eigenvalue weighted by atomic mass is 32.2. The fraction of sp³-hybridized carbons (Fsp3) is 0.531. The van der Waals surface area contributed by atoms with Crippen LogP contribution in [-0.2, 0) is 6.54 Å². The Morgan fingerprint density at radius 1 is 0.947 bits per heavy atom. The molecule has 1 aliphatic heterocycles. The lowest BCUT2D eigenvalue weighted by Gasteiger charge is -2.19. The first-order chi connectivity index (χ1) is 18.6. The van der Waals surface area contributed by atoms with E-state index in [0.29, 0.717) is 17.9 Å². The first-order valence-electron chi connectivity index (χ1n) is 14.4. The molecule has 3 rings (SSSR count). The number of halogens is 1. The van der Waals surface area contributed by atoms with E-state index in [1.807, 2.05) is 18.2 Å². The SMILES string of the molecule is CCCCCCCCCCCCCCOc1ccc(NC(=O)c2cccc(CN3CSC=C3C)c2)cc1F. The molecule has 0 aromatic heterocycles. The van der Waals surface area contributed by atoms with Crippen molar-refractivity contribution in [2.45, 2.75) is 97.4 Å². The molecule has 0 saturated heterocycles. The molecule has 0 unspecified atom stereocenters. The summed E-state index contributed by atoms with van der Waals surface area (Å²) in [4.78, 5) is 15.0. The second-order valence-corrected chi connectivity index (χ2v) is 11.1. The van der Waals surface area contributed by atoms with Crippen LogP contribution in [0.1, 0.15) is 107 Å². The number of carbonyl (C=O) groups is 1. The molecule has 0 bridgehead atoms. The van der Waals surface area contributed by atoms with Gasteiger partial charge in [-0.3, -0.25) is 4.79 Å². The quantitative estimate of drug-likeness (QED) is 0.191. The van der Waals surface area contributed by atoms with Crippen LogP contribution in [0.25, 0.3) is 0 Å². The molecule has 1 heterocycles. The molecule has 0 aliphatic carbocycles. The molecule has 208 valence electrons. The number of carbonyl (C=O) groups excluding carboxylic acids is 1. The second-order valence-electron chi connectivity index (χ2n) is 10.3. The predicted molar refractivity (Wildman–Crippen MR) is 159 cm³/mol. The highest BCUT2D eigenvalue weighted by Gasteiger charge is 2.14. The Labute approximate surface area is 233 Å². The van der Waals surface area contributed by atoms with E-state index in [4.69, 9.17) is 4.74 Å². The lowest BCUT2D eigenvalue weighted by Crippen LogP contribution is -2.17. The zero-order valence-corrected chi connectivity index (χ0v) is 24.1. The summed E-state index contributed by atoms with van der Waals surface area (Å²) in [6.45, 7) is 5.62. The summed E-state index contributed by atoms with van der Waals surface area (Å²) in [5.41, 5.74) is 3.29. The van der Waals surface area contributed by atoms with Crippen LogP contribution < -0.4 is 10.1 Å². The Morgan fingerprint density at radius 3 is 2.26 bits per heavy atom. The zero-order chi connectivity index (χ0) is 27.0. The predicted octanol–water partition coefficient (Wildman–Crippen LogP) is 9.53. The van der Waals surface area contributed by atoms with Crippen LogP contribution >= 0.6 is 11.8 Å². The van der Waals surface area contributed by atoms with Gasteiger partial charge in [0.05, 0.1) is 12.5 Å². The number of hydrogen-bond donors (Lipinski definition) is 1. The van der Waals surface area contributed by atoms with E-state index < -0.39 is 5.82 Å². The molecule has 6 heteroatoms. The normalized spacial score (nSPS) is 13.0. The van der Waals surface area contributed by atoms with Crippen molar-refractivity contribution in [1.82, 2.24) is 4.90 Å². The Balaban J connectivity index is 1.32. The van der Waals surface area contributed by atoms with E-state index in [-0.39, 0.29) is 11.7 Å². The molecular formula is C32H45FN2O2S. The molecule has 0 radical (unpaired) electrons. The minimum Gasteiger partial charge on any atom is -0.491 e. The van der Waals surface area contributed by atoms with Crippen molar-refractivity contribution in [1.29, 1.82) is 0 Å². The third-order valence-electron chi connectivity index (χ3n) is 6.99. The Hall–Kier alpha value is -2.47. The summed E-state index contributed by atoms with van der Waals surface area (Å²) in [6.07, 6.45) is 15.4. The maximum atomic E-state index is 14.6. The van der Waals surface area contributed by atoms with Gasteiger partial charge in [-0.2, -0.15) is 0 Å². The lowest BCUT2D eigenvalue weighted by atomic mass is 10.1. The summed E-state index contributed by atoms with van der Waals surface area (Å²) in [5, 5.41) is 4.96. The average molecular weight is 541 g/mol. The van der Waals surface area contributed by atoms with E-state index in [1.54, 1.807) is 30.0 Å². The van der Waals surface area contributed by atoms with Gasteiger partial charge in [0.2, 0.25) is 0 Å². The summed E-state index contributed by atoms with van der Waals surface area (Å²) < 4.78 is 20.3. The van der Waals surface area contributed by atoms with Gasteiger partial charge in [0.15, 0.2) is 11.6 Å². The fourth-order valence-corrected chi connectivity index (χ4v) is 5.59. The molecule has 0 saturated carbocycles. The van der Waals surface area contributed by atoms with Gasteiger partial charge < -0.3 is 15.0 Å². The van der Waals surface area contributed by atoms with Gasteiger partial charge in [-0.25, -0.2) is 4.39 Å². The van der Waals surface area contributed by atoms with E-state index in [0.717, 1.165) is 30.8 Å². The first kappa shape index (κ1) is 30.1. The van der Waals surface area contributed by atoms with Crippen molar-refractivity contribution in [3.8, 4) is 5.75 Å². The van der Waals surface area contributed by atoms with Crippen molar-refractivity contribution >= 4 is 23.4 Å². The third kappa shape index (κ3) is 10.7. The van der Waals surface area contributed by atoms with Gasteiger partial charge in [0.1, 0.15) is 0 Å². The van der Waals surface area contributed by atoms with Crippen LogP contribution in [0, 0.1) is 5.82 Å². The molecule has 0 atom stereocenters. The van der Waals surface area contributed by atoms with Crippen molar-refractivity contribution in [2.24, 2.45) is 0 Å². The molecular weight excluding hydrogens is 495 g/mol. The largest absolute Gasteiger partial charge is 0.491 e. The van der Waals surface area contributed by atoms with Crippen molar-refractivity contribution < 1.29 is 13.9 Å². The maximum Gasteiger partial charge on any atom is 0.255 e. The smallest absolute Gasteiger partial charge is 0.255 e. The van der Waals surface area contributed by atoms with Crippen molar-refractivity contribution in [3.63, 3.8) is 0 Å². The number of nitrogens with zero attached hydrogens (tertiary/aromatic N) is 1. The molecule has 1 amide bonds. The number of ether oxygens (including phenoxy) is 1. The van der Waals surface area contributed by atoms with Crippen LogP contribution in [0.5, 0.6) is 5.75 Å². The third-order valence-corrected chi connectivity index (χ3v) is 7.96. The maximum absolute atomic E-state index is 14.6. The number of anilines is 1. The number of benzene rings is 2. The minimum atomic E-state index is -0.454. The summed E-state index contributed by atoms with van der Waals surface area (Å²) in [6, 6.07) is 12.2. The van der Waals surface area contributed by atoms with Crippen molar-refractivity contribution in [2.75, 3.05) is 17.8 Å². The van der Waals surface area contributed by atoms with Gasteiger partial charge in [0.25, 0.3) is 5.91 Å². The monoisotopic (exact) mass is 540 g/mol. The zero-order valence-electron chi connectivity index (χ0n) is 23.3. The molecule has 2 aromatic carbocycles. The molecule has 38 heavy (non-hydrogen) atoms. The van der Waals surface area contributed by atoms with E-state index in [1.165, 1.54) is 76.0 Å². The molecule has 1 N–H and O–H groups in total. The first-order valence-corrected chi connectivity index (χ1v) is 15.5. The number of thioether (sulfide) groups is 1. The topological polar surface area (TPSA) is 41.6 Å². The van der Waals surface area contributed by atoms with E-state index >= 15 is 0 Å². The van der Waals surface area contributed by atoms with Crippen LogP contribution in [0.3, 0.4) is 0 Å². The van der Waals surface area contributed by atoms with Crippen LogP contribution in [-0.4, -0.2) is 23.3 Å². The second kappa shape index (κ2) is 17.2. The van der Waals surface area contributed by atoms with Gasteiger partial charge in [-0.15, -0.1) is 11.8 Å². The highest BCUT2D eigenvalue weighted by Crippen LogP contribution is 2.25. The van der Waals surface area contributed by atoms with Gasteiger partial charge in [-0.1, -0.05) is 89.7 Å². The number of hydrogen-bond acceptors (Lipinski definition) is 4. The Morgan fingerprint density at radius 2 is 1.63 bits per heavy atom. The number of unbranched alkanes of at least 4 members (excludes halogenated alkanes) is 11. The molecule has 2 aromatic rings. The number of allylic oxidation sites excluding steroid dienone is 1.